The Labute approximate surface area is 97.8 Å². The van der Waals surface area contributed by atoms with Gasteiger partial charge in [-0.3, -0.25) is 10.0 Å². The standard InChI is InChI=1S/C12H24N2O2/c1-6-12(9(15)13-16)7-10(2,3)14-11(4,5)8-12/h14,16H,6-8H2,1-5H3,(H,13,15). The molecule has 0 radical (unpaired) electrons. The normalized spacial score (nSPS) is 26.1. The number of amides is 1. The molecule has 0 atom stereocenters. The lowest BCUT2D eigenvalue weighted by Crippen LogP contribution is -2.63. The van der Waals surface area contributed by atoms with E-state index in [9.17, 15) is 4.79 Å². The Balaban J connectivity index is 3.06. The average molecular weight is 228 g/mol. The molecule has 4 nitrogen and oxygen atoms in total. The molecular formula is C12H24N2O2. The zero-order valence-electron chi connectivity index (χ0n) is 11.0. The summed E-state index contributed by atoms with van der Waals surface area (Å²) in [7, 11) is 0. The largest absolute Gasteiger partial charge is 0.307 e. The van der Waals surface area contributed by atoms with E-state index in [0.717, 1.165) is 19.3 Å². The Bertz CT molecular complexity index is 269. The lowest BCUT2D eigenvalue weighted by molar-refractivity contribution is -0.146. The van der Waals surface area contributed by atoms with E-state index in [2.05, 4.69) is 33.0 Å². The fourth-order valence-corrected chi connectivity index (χ4v) is 3.45. The lowest BCUT2D eigenvalue weighted by Gasteiger charge is -2.51. The molecule has 1 aliphatic heterocycles. The van der Waals surface area contributed by atoms with E-state index in [1.165, 1.54) is 0 Å². The van der Waals surface area contributed by atoms with E-state index in [1.54, 1.807) is 0 Å². The van der Waals surface area contributed by atoms with Crippen molar-refractivity contribution in [1.82, 2.24) is 10.8 Å². The van der Waals surface area contributed by atoms with Crippen LogP contribution in [0.15, 0.2) is 0 Å². The molecule has 1 aliphatic rings. The zero-order chi connectivity index (χ0) is 12.6. The van der Waals surface area contributed by atoms with Crippen LogP contribution in [0.25, 0.3) is 0 Å². The van der Waals surface area contributed by atoms with Gasteiger partial charge in [-0.1, -0.05) is 6.92 Å². The van der Waals surface area contributed by atoms with Crippen LogP contribution in [0.5, 0.6) is 0 Å². The van der Waals surface area contributed by atoms with Crippen LogP contribution in [0.2, 0.25) is 0 Å². The average Bonchev–Trinajstić information content (AvgIpc) is 2.11. The van der Waals surface area contributed by atoms with Crippen LogP contribution in [-0.2, 0) is 4.79 Å². The van der Waals surface area contributed by atoms with Crippen LogP contribution in [0, 0.1) is 5.41 Å². The van der Waals surface area contributed by atoms with Crippen molar-refractivity contribution in [2.75, 3.05) is 0 Å². The van der Waals surface area contributed by atoms with Crippen LogP contribution < -0.4 is 10.8 Å². The van der Waals surface area contributed by atoms with Crippen LogP contribution in [0.1, 0.15) is 53.9 Å². The molecule has 0 aromatic rings. The maximum absolute atomic E-state index is 11.9. The van der Waals surface area contributed by atoms with Gasteiger partial charge in [0.1, 0.15) is 0 Å². The first-order valence-corrected chi connectivity index (χ1v) is 5.90. The van der Waals surface area contributed by atoms with Gasteiger partial charge in [-0.2, -0.15) is 0 Å². The van der Waals surface area contributed by atoms with E-state index in [-0.39, 0.29) is 17.0 Å². The first-order valence-electron chi connectivity index (χ1n) is 5.90. The minimum Gasteiger partial charge on any atom is -0.307 e. The lowest BCUT2D eigenvalue weighted by atomic mass is 9.64. The highest BCUT2D eigenvalue weighted by molar-refractivity contribution is 5.82. The third-order valence-electron chi connectivity index (χ3n) is 3.50. The molecule has 1 saturated heterocycles. The van der Waals surface area contributed by atoms with Gasteiger partial charge in [-0.25, -0.2) is 5.48 Å². The molecule has 0 spiro atoms. The van der Waals surface area contributed by atoms with Gasteiger partial charge in [0.25, 0.3) is 0 Å². The van der Waals surface area contributed by atoms with Gasteiger partial charge in [-0.05, 0) is 47.0 Å². The molecular weight excluding hydrogens is 204 g/mol. The van der Waals surface area contributed by atoms with Gasteiger partial charge >= 0.3 is 0 Å². The highest BCUT2D eigenvalue weighted by Crippen LogP contribution is 2.44. The van der Waals surface area contributed by atoms with Crippen molar-refractivity contribution in [3.63, 3.8) is 0 Å². The first kappa shape index (κ1) is 13.5. The number of carbonyl (C=O) groups is 1. The van der Waals surface area contributed by atoms with Crippen LogP contribution in [-0.4, -0.2) is 22.2 Å². The van der Waals surface area contributed by atoms with Gasteiger partial charge in [0.15, 0.2) is 0 Å². The topological polar surface area (TPSA) is 61.4 Å². The summed E-state index contributed by atoms with van der Waals surface area (Å²) in [6.45, 7) is 10.4. The third kappa shape index (κ3) is 2.55. The Hall–Kier alpha value is -0.610. The van der Waals surface area contributed by atoms with E-state index in [1.807, 2.05) is 12.4 Å². The van der Waals surface area contributed by atoms with Crippen molar-refractivity contribution in [3.05, 3.63) is 0 Å². The van der Waals surface area contributed by atoms with Gasteiger partial charge in [0.2, 0.25) is 5.91 Å². The summed E-state index contributed by atoms with van der Waals surface area (Å²) in [6, 6.07) is 0. The van der Waals surface area contributed by atoms with E-state index < -0.39 is 5.41 Å². The second kappa shape index (κ2) is 4.00. The number of rotatable bonds is 2. The molecule has 16 heavy (non-hydrogen) atoms. The molecule has 0 unspecified atom stereocenters. The maximum atomic E-state index is 11.9. The predicted molar refractivity (Wildman–Crippen MR) is 63.2 cm³/mol. The summed E-state index contributed by atoms with van der Waals surface area (Å²) in [5.41, 5.74) is 1.18. The highest BCUT2D eigenvalue weighted by Gasteiger charge is 2.50. The molecule has 4 heteroatoms. The van der Waals surface area contributed by atoms with E-state index in [0.29, 0.717) is 0 Å². The van der Waals surface area contributed by atoms with Crippen molar-refractivity contribution in [1.29, 1.82) is 0 Å². The number of hydrogen-bond acceptors (Lipinski definition) is 3. The van der Waals surface area contributed by atoms with Crippen molar-refractivity contribution < 1.29 is 10.0 Å². The van der Waals surface area contributed by atoms with Crippen LogP contribution >= 0.6 is 0 Å². The predicted octanol–water partition coefficient (Wildman–Crippen LogP) is 1.83. The van der Waals surface area contributed by atoms with Crippen molar-refractivity contribution >= 4 is 5.91 Å². The van der Waals surface area contributed by atoms with Crippen molar-refractivity contribution in [3.8, 4) is 0 Å². The first-order chi connectivity index (χ1) is 7.16. The molecule has 1 rings (SSSR count). The Morgan fingerprint density at radius 2 is 1.69 bits per heavy atom. The number of piperidine rings is 1. The molecule has 0 aromatic heterocycles. The van der Waals surface area contributed by atoms with Crippen LogP contribution in [0.3, 0.4) is 0 Å². The van der Waals surface area contributed by atoms with Crippen LogP contribution in [0.4, 0.5) is 0 Å². The molecule has 1 heterocycles. The molecule has 0 aromatic carbocycles. The smallest absolute Gasteiger partial charge is 0.249 e. The minimum atomic E-state index is -0.465. The monoisotopic (exact) mass is 228 g/mol. The summed E-state index contributed by atoms with van der Waals surface area (Å²) < 4.78 is 0. The second-order valence-electron chi connectivity index (χ2n) is 6.32. The SMILES string of the molecule is CCC1(C(=O)NO)CC(C)(C)NC(C)(C)C1. The third-order valence-corrected chi connectivity index (χ3v) is 3.50. The zero-order valence-corrected chi connectivity index (χ0v) is 11.0. The number of hydroxylamine groups is 1. The fraction of sp³-hybridized carbons (Fsp3) is 0.917. The number of nitrogens with one attached hydrogen (secondary N) is 2. The van der Waals surface area contributed by atoms with E-state index >= 15 is 0 Å². The molecule has 1 amide bonds. The summed E-state index contributed by atoms with van der Waals surface area (Å²) in [6.07, 6.45) is 2.23. The van der Waals surface area contributed by atoms with Gasteiger partial charge in [0, 0.05) is 11.1 Å². The number of hydrogen-bond donors (Lipinski definition) is 3. The molecule has 0 bridgehead atoms. The summed E-state index contributed by atoms with van der Waals surface area (Å²) in [5.74, 6) is -0.252. The quantitative estimate of drug-likeness (QED) is 0.499. The minimum absolute atomic E-state index is 0.0930. The Morgan fingerprint density at radius 3 is 2.00 bits per heavy atom. The molecule has 0 aliphatic carbocycles. The molecule has 1 fully saturated rings. The Kier molecular flexibility index (Phi) is 3.37. The summed E-state index contributed by atoms with van der Waals surface area (Å²) in [5, 5.41) is 12.4. The van der Waals surface area contributed by atoms with Gasteiger partial charge < -0.3 is 5.32 Å². The second-order valence-corrected chi connectivity index (χ2v) is 6.32. The van der Waals surface area contributed by atoms with Crippen molar-refractivity contribution in [2.24, 2.45) is 5.41 Å². The summed E-state index contributed by atoms with van der Waals surface area (Å²) in [4.78, 5) is 11.9. The number of carbonyl (C=O) groups excluding carboxylic acids is 1. The van der Waals surface area contributed by atoms with E-state index in [4.69, 9.17) is 5.21 Å². The summed E-state index contributed by atoms with van der Waals surface area (Å²) >= 11 is 0. The van der Waals surface area contributed by atoms with Gasteiger partial charge in [-0.15, -0.1) is 0 Å². The highest BCUT2D eigenvalue weighted by atomic mass is 16.5. The van der Waals surface area contributed by atoms with Crippen molar-refractivity contribution in [2.45, 2.75) is 65.0 Å². The fourth-order valence-electron chi connectivity index (χ4n) is 3.45. The van der Waals surface area contributed by atoms with Gasteiger partial charge in [0.05, 0.1) is 5.41 Å². The molecule has 3 N–H and O–H groups in total. The Morgan fingerprint density at radius 1 is 1.25 bits per heavy atom. The maximum Gasteiger partial charge on any atom is 0.249 e. The molecule has 94 valence electrons. The molecule has 0 saturated carbocycles.